The largest absolute Gasteiger partial charge is 1.00 e. The molecule has 2 nitrogen and oxygen atoms in total. The zero-order valence-electron chi connectivity index (χ0n) is 5.14. The van der Waals surface area contributed by atoms with Crippen molar-refractivity contribution in [2.75, 3.05) is 0 Å². The summed E-state index contributed by atoms with van der Waals surface area (Å²) < 4.78 is 0. The molecule has 0 saturated heterocycles. The first-order valence-corrected chi connectivity index (χ1v) is 2.85. The molecular formula is C7H6AgN2+. The van der Waals surface area contributed by atoms with Crippen molar-refractivity contribution >= 4 is 11.0 Å². The fourth-order valence-corrected chi connectivity index (χ4v) is 0.880. The molecule has 1 N–H and O–H groups in total. The molecule has 54 valence electrons. The third-order valence-corrected chi connectivity index (χ3v) is 1.33. The zero-order chi connectivity index (χ0) is 6.10. The first-order valence-electron chi connectivity index (χ1n) is 2.85. The fraction of sp³-hybridized carbons (Fsp3) is 0. The fourth-order valence-electron chi connectivity index (χ4n) is 0.880. The molecule has 1 heterocycles. The molecule has 2 aromatic rings. The van der Waals surface area contributed by atoms with Gasteiger partial charge in [-0.1, -0.05) is 12.1 Å². The Morgan fingerprint density at radius 1 is 1.20 bits per heavy atom. The van der Waals surface area contributed by atoms with Crippen LogP contribution in [0.2, 0.25) is 0 Å². The van der Waals surface area contributed by atoms with Gasteiger partial charge in [-0.2, -0.15) is 0 Å². The van der Waals surface area contributed by atoms with E-state index in [1.807, 2.05) is 24.3 Å². The summed E-state index contributed by atoms with van der Waals surface area (Å²) in [6.45, 7) is 0. The first kappa shape index (κ1) is 7.54. The number of hydrogen-bond acceptors (Lipinski definition) is 1. The van der Waals surface area contributed by atoms with Gasteiger partial charge in [-0.3, -0.25) is 0 Å². The van der Waals surface area contributed by atoms with Crippen LogP contribution in [0.3, 0.4) is 0 Å². The van der Waals surface area contributed by atoms with E-state index in [0.717, 1.165) is 11.0 Å². The van der Waals surface area contributed by atoms with Gasteiger partial charge in [0.15, 0.2) is 0 Å². The number of fused-ring (bicyclic) bond motifs is 1. The van der Waals surface area contributed by atoms with Crippen LogP contribution in [-0.4, -0.2) is 9.97 Å². The number of aromatic nitrogens is 2. The number of para-hydroxylation sites is 2. The van der Waals surface area contributed by atoms with Gasteiger partial charge in [0, 0.05) is 0 Å². The summed E-state index contributed by atoms with van der Waals surface area (Å²) >= 11 is 0. The number of aromatic amines is 1. The van der Waals surface area contributed by atoms with Crippen molar-refractivity contribution in [3.8, 4) is 0 Å². The van der Waals surface area contributed by atoms with Crippen LogP contribution in [0.4, 0.5) is 0 Å². The number of rotatable bonds is 0. The molecular weight excluding hydrogens is 220 g/mol. The summed E-state index contributed by atoms with van der Waals surface area (Å²) in [5.74, 6) is 0. The molecule has 1 aromatic heterocycles. The molecule has 0 unspecified atom stereocenters. The van der Waals surface area contributed by atoms with Crippen LogP contribution in [-0.2, 0) is 22.4 Å². The van der Waals surface area contributed by atoms with Crippen LogP contribution >= 0.6 is 0 Å². The second-order valence-electron chi connectivity index (χ2n) is 1.92. The molecule has 0 fully saturated rings. The van der Waals surface area contributed by atoms with E-state index in [2.05, 4.69) is 9.97 Å². The minimum absolute atomic E-state index is 0. The Balaban J connectivity index is 0.000000500. The molecule has 10 heavy (non-hydrogen) atoms. The summed E-state index contributed by atoms with van der Waals surface area (Å²) in [5.41, 5.74) is 2.12. The predicted octanol–water partition coefficient (Wildman–Crippen LogP) is 1.56. The van der Waals surface area contributed by atoms with Gasteiger partial charge in [0.1, 0.15) is 0 Å². The number of benzene rings is 1. The molecule has 0 aliphatic carbocycles. The van der Waals surface area contributed by atoms with Crippen LogP contribution < -0.4 is 0 Å². The third kappa shape index (κ3) is 1.14. The summed E-state index contributed by atoms with van der Waals surface area (Å²) in [6.07, 6.45) is 1.70. The summed E-state index contributed by atoms with van der Waals surface area (Å²) in [4.78, 5) is 7.07. The molecule has 0 bridgehead atoms. The van der Waals surface area contributed by atoms with Crippen LogP contribution in [0.25, 0.3) is 11.0 Å². The molecule has 0 spiro atoms. The summed E-state index contributed by atoms with van der Waals surface area (Å²) in [6, 6.07) is 7.94. The Bertz CT molecular complexity index is 286. The Hall–Kier alpha value is -0.570. The SMILES string of the molecule is [Ag+].c1ccc2[nH]cnc2c1. The van der Waals surface area contributed by atoms with Gasteiger partial charge in [-0.05, 0) is 12.1 Å². The first-order chi connectivity index (χ1) is 4.47. The van der Waals surface area contributed by atoms with Gasteiger partial charge in [0.05, 0.1) is 17.4 Å². The molecule has 3 heteroatoms. The predicted molar refractivity (Wildman–Crippen MR) is 36.1 cm³/mol. The minimum Gasteiger partial charge on any atom is -0.345 e. The van der Waals surface area contributed by atoms with E-state index >= 15 is 0 Å². The van der Waals surface area contributed by atoms with Crippen LogP contribution in [0.5, 0.6) is 0 Å². The van der Waals surface area contributed by atoms with Crippen molar-refractivity contribution in [1.29, 1.82) is 0 Å². The second kappa shape index (κ2) is 3.01. The van der Waals surface area contributed by atoms with Crippen molar-refractivity contribution < 1.29 is 22.4 Å². The number of nitrogens with one attached hydrogen (secondary N) is 1. The zero-order valence-corrected chi connectivity index (χ0v) is 6.62. The summed E-state index contributed by atoms with van der Waals surface area (Å²) in [5, 5.41) is 0. The molecule has 0 aliphatic rings. The average molecular weight is 226 g/mol. The number of H-pyrrole nitrogens is 1. The average Bonchev–Trinajstić information content (AvgIpc) is 2.33. The number of imidazole rings is 1. The van der Waals surface area contributed by atoms with Crippen molar-refractivity contribution in [3.05, 3.63) is 30.6 Å². The molecule has 2 rings (SSSR count). The Labute approximate surface area is 74.2 Å². The van der Waals surface area contributed by atoms with Gasteiger partial charge in [0.2, 0.25) is 0 Å². The van der Waals surface area contributed by atoms with Crippen molar-refractivity contribution in [3.63, 3.8) is 0 Å². The van der Waals surface area contributed by atoms with E-state index in [4.69, 9.17) is 0 Å². The van der Waals surface area contributed by atoms with E-state index in [0.29, 0.717) is 0 Å². The Kier molecular flexibility index (Phi) is 2.27. The van der Waals surface area contributed by atoms with Gasteiger partial charge in [-0.25, -0.2) is 4.98 Å². The number of nitrogens with zero attached hydrogens (tertiary/aromatic N) is 1. The monoisotopic (exact) mass is 225 g/mol. The number of hydrogen-bond donors (Lipinski definition) is 1. The summed E-state index contributed by atoms with van der Waals surface area (Å²) in [7, 11) is 0. The quantitative estimate of drug-likeness (QED) is 0.678. The van der Waals surface area contributed by atoms with E-state index in [-0.39, 0.29) is 22.4 Å². The maximum absolute atomic E-state index is 4.06. The molecule has 0 atom stereocenters. The van der Waals surface area contributed by atoms with Gasteiger partial charge in [0.25, 0.3) is 0 Å². The van der Waals surface area contributed by atoms with Crippen molar-refractivity contribution in [2.24, 2.45) is 0 Å². The van der Waals surface area contributed by atoms with E-state index in [1.54, 1.807) is 6.33 Å². The topological polar surface area (TPSA) is 28.7 Å². The van der Waals surface area contributed by atoms with Gasteiger partial charge in [-0.15, -0.1) is 0 Å². The van der Waals surface area contributed by atoms with E-state index in [1.165, 1.54) is 0 Å². The maximum Gasteiger partial charge on any atom is 1.00 e. The smallest absolute Gasteiger partial charge is 0.345 e. The van der Waals surface area contributed by atoms with Crippen molar-refractivity contribution in [2.45, 2.75) is 0 Å². The minimum atomic E-state index is 0. The standard InChI is InChI=1S/C7H6N2.Ag/c1-2-4-7-6(3-1)8-5-9-7;/h1-5H,(H,8,9);/q;+1. The third-order valence-electron chi connectivity index (χ3n) is 1.33. The maximum atomic E-state index is 4.06. The van der Waals surface area contributed by atoms with Crippen LogP contribution in [0.1, 0.15) is 0 Å². The Morgan fingerprint density at radius 3 is 2.80 bits per heavy atom. The van der Waals surface area contributed by atoms with Crippen LogP contribution in [0, 0.1) is 0 Å². The second-order valence-corrected chi connectivity index (χ2v) is 1.92. The molecule has 0 amide bonds. The molecule has 0 radical (unpaired) electrons. The van der Waals surface area contributed by atoms with Crippen molar-refractivity contribution in [1.82, 2.24) is 9.97 Å². The Morgan fingerprint density at radius 2 is 2.00 bits per heavy atom. The van der Waals surface area contributed by atoms with Crippen LogP contribution in [0.15, 0.2) is 30.6 Å². The van der Waals surface area contributed by atoms with E-state index < -0.39 is 0 Å². The molecule has 1 aromatic carbocycles. The van der Waals surface area contributed by atoms with Gasteiger partial charge >= 0.3 is 22.4 Å². The normalized spacial score (nSPS) is 9.20. The molecule has 0 saturated carbocycles. The van der Waals surface area contributed by atoms with E-state index in [9.17, 15) is 0 Å². The molecule has 0 aliphatic heterocycles. The van der Waals surface area contributed by atoms with Gasteiger partial charge < -0.3 is 4.98 Å².